The molecule has 82 valence electrons. The summed E-state index contributed by atoms with van der Waals surface area (Å²) in [5, 5.41) is 0. The van der Waals surface area contributed by atoms with Crippen molar-refractivity contribution in [2.75, 3.05) is 6.54 Å². The van der Waals surface area contributed by atoms with Gasteiger partial charge in [0, 0.05) is 13.8 Å². The maximum atomic E-state index is 5.66. The number of hydrogen-bond acceptors (Lipinski definition) is 3. The van der Waals surface area contributed by atoms with Crippen molar-refractivity contribution in [2.24, 2.45) is 5.73 Å². The molecule has 0 bridgehead atoms. The number of rotatable bonds is 3. The fraction of sp³-hybridized carbons (Fsp3) is 0.500. The average molecular weight is 207 g/mol. The fourth-order valence-electron chi connectivity index (χ4n) is 1.73. The molecule has 0 fully saturated rings. The van der Waals surface area contributed by atoms with Gasteiger partial charge in [-0.25, -0.2) is 0 Å². The molecule has 0 unspecified atom stereocenters. The van der Waals surface area contributed by atoms with Crippen LogP contribution in [0.2, 0.25) is 0 Å². The smallest absolute Gasteiger partial charge is 0.246 e. The second-order valence-electron chi connectivity index (χ2n) is 4.28. The topological polar surface area (TPSA) is 44.5 Å². The molecular formula is C12H17NO2. The van der Waals surface area contributed by atoms with Gasteiger partial charge in [-0.2, -0.15) is 0 Å². The van der Waals surface area contributed by atoms with Crippen molar-refractivity contribution >= 4 is 0 Å². The Balaban J connectivity index is 2.15. The van der Waals surface area contributed by atoms with Crippen LogP contribution in [0.1, 0.15) is 25.8 Å². The van der Waals surface area contributed by atoms with E-state index in [0.29, 0.717) is 0 Å². The van der Waals surface area contributed by atoms with Gasteiger partial charge in [0.2, 0.25) is 5.79 Å². The Morgan fingerprint density at radius 1 is 1.20 bits per heavy atom. The van der Waals surface area contributed by atoms with Crippen LogP contribution in [0, 0.1) is 0 Å². The van der Waals surface area contributed by atoms with Crippen molar-refractivity contribution in [3.63, 3.8) is 0 Å². The minimum Gasteiger partial charge on any atom is -0.449 e. The van der Waals surface area contributed by atoms with Gasteiger partial charge in [0.05, 0.1) is 0 Å². The van der Waals surface area contributed by atoms with Crippen molar-refractivity contribution in [1.82, 2.24) is 0 Å². The molecule has 15 heavy (non-hydrogen) atoms. The third-order valence-corrected chi connectivity index (χ3v) is 2.39. The maximum absolute atomic E-state index is 5.66. The quantitative estimate of drug-likeness (QED) is 0.825. The lowest BCUT2D eigenvalue weighted by Gasteiger charge is -2.16. The molecule has 3 heteroatoms. The summed E-state index contributed by atoms with van der Waals surface area (Å²) in [5.41, 5.74) is 6.73. The molecule has 1 aromatic carbocycles. The van der Waals surface area contributed by atoms with Crippen molar-refractivity contribution in [3.8, 4) is 11.5 Å². The van der Waals surface area contributed by atoms with Crippen LogP contribution in [-0.4, -0.2) is 12.3 Å². The van der Waals surface area contributed by atoms with E-state index in [4.69, 9.17) is 15.2 Å². The van der Waals surface area contributed by atoms with Crippen molar-refractivity contribution in [3.05, 3.63) is 23.8 Å². The second-order valence-corrected chi connectivity index (χ2v) is 4.28. The second kappa shape index (κ2) is 3.74. The predicted octanol–water partition coefficient (Wildman–Crippen LogP) is 2.09. The Kier molecular flexibility index (Phi) is 2.57. The Labute approximate surface area is 90.2 Å². The first-order valence-corrected chi connectivity index (χ1v) is 5.32. The minimum atomic E-state index is -0.533. The van der Waals surface area contributed by atoms with Crippen molar-refractivity contribution < 1.29 is 9.47 Å². The van der Waals surface area contributed by atoms with E-state index in [9.17, 15) is 0 Å². The van der Waals surface area contributed by atoms with Gasteiger partial charge in [-0.3, -0.25) is 0 Å². The Hall–Kier alpha value is -1.22. The molecule has 0 saturated carbocycles. The molecule has 0 aliphatic carbocycles. The molecule has 0 spiro atoms. The third kappa shape index (κ3) is 2.23. The highest BCUT2D eigenvalue weighted by Gasteiger charge is 2.31. The van der Waals surface area contributed by atoms with Gasteiger partial charge in [-0.05, 0) is 37.1 Å². The van der Waals surface area contributed by atoms with Crippen LogP contribution >= 0.6 is 0 Å². The summed E-state index contributed by atoms with van der Waals surface area (Å²) in [6, 6.07) is 6.08. The Bertz CT molecular complexity index is 361. The maximum Gasteiger partial charge on any atom is 0.246 e. The van der Waals surface area contributed by atoms with Crippen molar-refractivity contribution in [2.45, 2.75) is 32.5 Å². The number of benzene rings is 1. The van der Waals surface area contributed by atoms with Gasteiger partial charge in [-0.15, -0.1) is 0 Å². The third-order valence-electron chi connectivity index (χ3n) is 2.39. The van der Waals surface area contributed by atoms with Crippen LogP contribution in [0.4, 0.5) is 0 Å². The van der Waals surface area contributed by atoms with Crippen LogP contribution in [0.3, 0.4) is 0 Å². The fourth-order valence-corrected chi connectivity index (χ4v) is 1.73. The van der Waals surface area contributed by atoms with E-state index in [2.05, 4.69) is 6.07 Å². The lowest BCUT2D eigenvalue weighted by molar-refractivity contribution is -0.0431. The van der Waals surface area contributed by atoms with E-state index >= 15 is 0 Å². The van der Waals surface area contributed by atoms with Crippen molar-refractivity contribution in [1.29, 1.82) is 0 Å². The van der Waals surface area contributed by atoms with Crippen LogP contribution in [0.15, 0.2) is 18.2 Å². The minimum absolute atomic E-state index is 0.533. The molecule has 1 aliphatic rings. The normalized spacial score (nSPS) is 16.7. The van der Waals surface area contributed by atoms with Crippen LogP contribution in [-0.2, 0) is 6.42 Å². The molecule has 0 aromatic heterocycles. The summed E-state index contributed by atoms with van der Waals surface area (Å²) in [7, 11) is 0. The molecular weight excluding hydrogens is 190 g/mol. The molecule has 2 N–H and O–H groups in total. The first kappa shape index (κ1) is 10.3. The number of hydrogen-bond donors (Lipinski definition) is 1. The van der Waals surface area contributed by atoms with Gasteiger partial charge < -0.3 is 15.2 Å². The lowest BCUT2D eigenvalue weighted by Crippen LogP contribution is -2.29. The molecule has 3 nitrogen and oxygen atoms in total. The summed E-state index contributed by atoms with van der Waals surface area (Å²) in [5.74, 6) is 1.14. The van der Waals surface area contributed by atoms with Crippen LogP contribution < -0.4 is 15.2 Å². The summed E-state index contributed by atoms with van der Waals surface area (Å²) < 4.78 is 11.3. The molecule has 2 rings (SSSR count). The van der Waals surface area contributed by atoms with E-state index < -0.39 is 5.79 Å². The number of fused-ring (bicyclic) bond motifs is 1. The first-order chi connectivity index (χ1) is 7.11. The zero-order valence-corrected chi connectivity index (χ0v) is 9.25. The van der Waals surface area contributed by atoms with E-state index in [0.717, 1.165) is 30.9 Å². The van der Waals surface area contributed by atoms with Gasteiger partial charge in [0.25, 0.3) is 0 Å². The van der Waals surface area contributed by atoms with Gasteiger partial charge >= 0.3 is 0 Å². The SMILES string of the molecule is CC1(C)Oc2ccc(CCCN)cc2O1. The summed E-state index contributed by atoms with van der Waals surface area (Å²) >= 11 is 0. The molecule has 1 heterocycles. The van der Waals surface area contributed by atoms with E-state index in [1.807, 2.05) is 26.0 Å². The Morgan fingerprint density at radius 2 is 1.93 bits per heavy atom. The monoisotopic (exact) mass is 207 g/mol. The van der Waals surface area contributed by atoms with E-state index in [-0.39, 0.29) is 0 Å². The first-order valence-electron chi connectivity index (χ1n) is 5.32. The summed E-state index contributed by atoms with van der Waals surface area (Å²) in [4.78, 5) is 0. The molecule has 0 amide bonds. The lowest BCUT2D eigenvalue weighted by atomic mass is 10.1. The largest absolute Gasteiger partial charge is 0.449 e. The van der Waals surface area contributed by atoms with Crippen LogP contribution in [0.5, 0.6) is 11.5 Å². The van der Waals surface area contributed by atoms with Gasteiger partial charge in [0.1, 0.15) is 0 Å². The number of nitrogens with two attached hydrogens (primary N) is 1. The van der Waals surface area contributed by atoms with Crippen LogP contribution in [0.25, 0.3) is 0 Å². The molecule has 0 atom stereocenters. The molecule has 1 aromatic rings. The molecule has 1 aliphatic heterocycles. The highest BCUT2D eigenvalue weighted by Crippen LogP contribution is 2.39. The van der Waals surface area contributed by atoms with Gasteiger partial charge in [-0.1, -0.05) is 6.07 Å². The van der Waals surface area contributed by atoms with E-state index in [1.165, 1.54) is 5.56 Å². The standard InChI is InChI=1S/C12H17NO2/c1-12(2)14-10-6-5-9(4-3-7-13)8-11(10)15-12/h5-6,8H,3-4,7,13H2,1-2H3. The zero-order chi connectivity index (χ0) is 10.9. The average Bonchev–Trinajstić information content (AvgIpc) is 2.47. The zero-order valence-electron chi connectivity index (χ0n) is 9.25. The summed E-state index contributed by atoms with van der Waals surface area (Å²) in [6.45, 7) is 4.54. The Morgan fingerprint density at radius 3 is 2.67 bits per heavy atom. The number of ether oxygens (including phenoxy) is 2. The highest BCUT2D eigenvalue weighted by atomic mass is 16.7. The van der Waals surface area contributed by atoms with E-state index in [1.54, 1.807) is 0 Å². The molecule has 0 radical (unpaired) electrons. The highest BCUT2D eigenvalue weighted by molar-refractivity contribution is 5.45. The van der Waals surface area contributed by atoms with Gasteiger partial charge in [0.15, 0.2) is 11.5 Å². The molecule has 0 saturated heterocycles. The summed E-state index contributed by atoms with van der Waals surface area (Å²) in [6.07, 6.45) is 2.00. The predicted molar refractivity (Wildman–Crippen MR) is 59.2 cm³/mol. The number of aryl methyl sites for hydroxylation is 1.